The lowest BCUT2D eigenvalue weighted by atomic mass is 10.2. The zero-order valence-corrected chi connectivity index (χ0v) is 23.2. The van der Waals surface area contributed by atoms with Gasteiger partial charge in [-0.2, -0.15) is 0 Å². The molecule has 2 rings (SSSR count). The largest absolute Gasteiger partial charge is 0.458 e. The first-order valence-electron chi connectivity index (χ1n) is 11.9. The Morgan fingerprint density at radius 2 is 1.67 bits per heavy atom. The van der Waals surface area contributed by atoms with Crippen LogP contribution in [0.25, 0.3) is 0 Å². The molecule has 1 aromatic rings. The van der Waals surface area contributed by atoms with Gasteiger partial charge in [-0.3, -0.25) is 9.59 Å². The van der Waals surface area contributed by atoms with Crippen LogP contribution in [0.2, 0.25) is 16.6 Å². The van der Waals surface area contributed by atoms with E-state index in [1.807, 2.05) is 0 Å². The number of carbonyl (C=O) groups is 2. The molecule has 1 aliphatic rings. The van der Waals surface area contributed by atoms with Crippen molar-refractivity contribution in [2.75, 3.05) is 13.2 Å². The lowest BCUT2D eigenvalue weighted by Gasteiger charge is -2.43. The Morgan fingerprint density at radius 1 is 1.09 bits per heavy atom. The quantitative estimate of drug-likeness (QED) is 0.325. The minimum absolute atomic E-state index is 0.131. The van der Waals surface area contributed by atoms with E-state index in [2.05, 4.69) is 78.0 Å². The van der Waals surface area contributed by atoms with E-state index in [0.717, 1.165) is 4.90 Å². The monoisotopic (exact) mass is 495 g/mol. The van der Waals surface area contributed by atoms with Gasteiger partial charge in [0.1, 0.15) is 24.2 Å². The van der Waals surface area contributed by atoms with Crippen LogP contribution in [-0.4, -0.2) is 51.0 Å². The third kappa shape index (κ3) is 7.57. The van der Waals surface area contributed by atoms with Gasteiger partial charge in [-0.25, -0.2) is 0 Å². The molecular formula is C25H41NO5SSi. The van der Waals surface area contributed by atoms with Crippen LogP contribution in [0.15, 0.2) is 29.2 Å². The smallest absolute Gasteiger partial charge is 0.325 e. The number of hydrogen-bond acceptors (Lipinski definition) is 6. The molecule has 0 bridgehead atoms. The summed E-state index contributed by atoms with van der Waals surface area (Å²) in [6, 6.07) is 8.33. The Hall–Kier alpha value is -1.35. The number of aryl methyl sites for hydroxylation is 1. The highest BCUT2D eigenvalue weighted by atomic mass is 32.2. The molecule has 1 aromatic carbocycles. The number of esters is 1. The molecule has 1 saturated heterocycles. The summed E-state index contributed by atoms with van der Waals surface area (Å²) < 4.78 is 18.9. The minimum Gasteiger partial charge on any atom is -0.458 e. The standard InChI is InChI=1S/C25H41NO5SSi/c1-16(2)33(17(3)4,18(5)6)29-15-23-22(30-24(28)14-26-20(8)27)13-25(31-23)32-21-11-9-19(7)10-12-21/h9-12,16-18,22-23,25H,13-15H2,1-8H3,(H,26,27)/t22-,23+,25+/m0/s1. The van der Waals surface area contributed by atoms with E-state index < -0.39 is 20.4 Å². The molecule has 6 nitrogen and oxygen atoms in total. The summed E-state index contributed by atoms with van der Waals surface area (Å²) in [5, 5.41) is 2.51. The summed E-state index contributed by atoms with van der Waals surface area (Å²) in [5.41, 5.74) is 2.44. The number of carbonyl (C=O) groups excluding carboxylic acids is 2. The lowest BCUT2D eigenvalue weighted by Crippen LogP contribution is -2.50. The second kappa shape index (κ2) is 12.4. The Balaban J connectivity index is 2.14. The van der Waals surface area contributed by atoms with Gasteiger partial charge in [-0.1, -0.05) is 71.0 Å². The fraction of sp³-hybridized carbons (Fsp3) is 0.680. The second-order valence-electron chi connectivity index (χ2n) is 9.84. The lowest BCUT2D eigenvalue weighted by molar-refractivity contribution is -0.152. The van der Waals surface area contributed by atoms with E-state index in [1.165, 1.54) is 12.5 Å². The SMILES string of the molecule is CC(=O)NCC(=O)O[C@H]1C[C@@H](Sc2ccc(C)cc2)O[C@@H]1CO[Si](C(C)C)(C(C)C)C(C)C. The van der Waals surface area contributed by atoms with E-state index in [1.54, 1.807) is 11.8 Å². The highest BCUT2D eigenvalue weighted by Gasteiger charge is 2.47. The van der Waals surface area contributed by atoms with E-state index in [4.69, 9.17) is 13.9 Å². The molecule has 0 unspecified atom stereocenters. The van der Waals surface area contributed by atoms with Crippen molar-refractivity contribution in [3.8, 4) is 0 Å². The zero-order valence-electron chi connectivity index (χ0n) is 21.3. The molecule has 1 N–H and O–H groups in total. The number of benzene rings is 1. The fourth-order valence-electron chi connectivity index (χ4n) is 4.93. The van der Waals surface area contributed by atoms with Crippen LogP contribution in [0, 0.1) is 6.92 Å². The molecule has 0 spiro atoms. The molecule has 0 radical (unpaired) electrons. The Morgan fingerprint density at radius 3 is 2.18 bits per heavy atom. The van der Waals surface area contributed by atoms with Gasteiger partial charge in [0, 0.05) is 18.2 Å². The molecule has 1 amide bonds. The molecule has 1 aliphatic heterocycles. The van der Waals surface area contributed by atoms with Crippen LogP contribution in [0.4, 0.5) is 0 Å². The zero-order chi connectivity index (χ0) is 24.8. The average Bonchev–Trinajstić information content (AvgIpc) is 3.08. The molecule has 1 fully saturated rings. The highest BCUT2D eigenvalue weighted by Crippen LogP contribution is 2.43. The van der Waals surface area contributed by atoms with Crippen LogP contribution in [0.1, 0.15) is 60.5 Å². The van der Waals surface area contributed by atoms with E-state index in [9.17, 15) is 9.59 Å². The third-order valence-corrected chi connectivity index (χ3v) is 13.6. The summed E-state index contributed by atoms with van der Waals surface area (Å²) in [6.45, 7) is 17.2. The summed E-state index contributed by atoms with van der Waals surface area (Å²) in [4.78, 5) is 24.6. The van der Waals surface area contributed by atoms with Gasteiger partial charge in [0.05, 0.1) is 6.61 Å². The summed E-state index contributed by atoms with van der Waals surface area (Å²) in [5.74, 6) is -0.714. The van der Waals surface area contributed by atoms with Gasteiger partial charge >= 0.3 is 5.97 Å². The first-order chi connectivity index (χ1) is 15.5. The molecule has 0 saturated carbocycles. The van der Waals surface area contributed by atoms with Crippen molar-refractivity contribution < 1.29 is 23.5 Å². The number of amides is 1. The van der Waals surface area contributed by atoms with Crippen molar-refractivity contribution in [1.29, 1.82) is 0 Å². The normalized spacial score (nSPS) is 21.1. The van der Waals surface area contributed by atoms with E-state index in [0.29, 0.717) is 29.7 Å². The highest BCUT2D eigenvalue weighted by molar-refractivity contribution is 7.99. The Bertz CT molecular complexity index is 762. The maximum absolute atomic E-state index is 12.3. The molecular weight excluding hydrogens is 454 g/mol. The molecule has 0 aliphatic carbocycles. The first-order valence-corrected chi connectivity index (χ1v) is 14.9. The van der Waals surface area contributed by atoms with Gasteiger partial charge < -0.3 is 19.2 Å². The maximum atomic E-state index is 12.3. The third-order valence-electron chi connectivity index (χ3n) is 6.42. The van der Waals surface area contributed by atoms with Crippen molar-refractivity contribution in [2.45, 2.75) is 101 Å². The predicted molar refractivity (Wildman–Crippen MR) is 136 cm³/mol. The van der Waals surface area contributed by atoms with E-state index >= 15 is 0 Å². The van der Waals surface area contributed by atoms with Crippen molar-refractivity contribution in [3.05, 3.63) is 29.8 Å². The van der Waals surface area contributed by atoms with Gasteiger partial charge in [0.25, 0.3) is 0 Å². The van der Waals surface area contributed by atoms with Crippen molar-refractivity contribution in [1.82, 2.24) is 5.32 Å². The van der Waals surface area contributed by atoms with Gasteiger partial charge in [0.2, 0.25) is 5.91 Å². The maximum Gasteiger partial charge on any atom is 0.325 e. The predicted octanol–water partition coefficient (Wildman–Crippen LogP) is 5.44. The Labute approximate surface area is 204 Å². The molecule has 33 heavy (non-hydrogen) atoms. The molecule has 1 heterocycles. The van der Waals surface area contributed by atoms with Crippen LogP contribution in [0.3, 0.4) is 0 Å². The van der Waals surface area contributed by atoms with Crippen molar-refractivity contribution >= 4 is 32.0 Å². The number of thioether (sulfide) groups is 1. The van der Waals surface area contributed by atoms with Crippen LogP contribution in [0.5, 0.6) is 0 Å². The van der Waals surface area contributed by atoms with Gasteiger partial charge in [0.15, 0.2) is 8.32 Å². The summed E-state index contributed by atoms with van der Waals surface area (Å²) in [7, 11) is -2.08. The summed E-state index contributed by atoms with van der Waals surface area (Å²) in [6.07, 6.45) is -0.164. The van der Waals surface area contributed by atoms with Crippen molar-refractivity contribution in [3.63, 3.8) is 0 Å². The number of nitrogens with one attached hydrogen (secondary N) is 1. The van der Waals surface area contributed by atoms with Gasteiger partial charge in [-0.05, 0) is 35.7 Å². The van der Waals surface area contributed by atoms with Gasteiger partial charge in [-0.15, -0.1) is 0 Å². The number of hydrogen-bond donors (Lipinski definition) is 1. The van der Waals surface area contributed by atoms with Crippen LogP contribution >= 0.6 is 11.8 Å². The van der Waals surface area contributed by atoms with Crippen LogP contribution < -0.4 is 5.32 Å². The molecule has 3 atom stereocenters. The molecule has 8 heteroatoms. The second-order valence-corrected chi connectivity index (χ2v) is 16.5. The van der Waals surface area contributed by atoms with Crippen molar-refractivity contribution in [2.24, 2.45) is 0 Å². The number of ether oxygens (including phenoxy) is 2. The molecule has 0 aromatic heterocycles. The summed E-state index contributed by atoms with van der Waals surface area (Å²) >= 11 is 1.64. The van der Waals surface area contributed by atoms with E-state index in [-0.39, 0.29) is 24.0 Å². The fourth-order valence-corrected chi connectivity index (χ4v) is 11.5. The average molecular weight is 496 g/mol. The van der Waals surface area contributed by atoms with Crippen LogP contribution in [-0.2, 0) is 23.5 Å². The number of rotatable bonds is 11. The topological polar surface area (TPSA) is 73.9 Å². The minimum atomic E-state index is -2.08. The molecule has 186 valence electrons. The Kier molecular flexibility index (Phi) is 10.5. The first kappa shape index (κ1) is 27.9.